The van der Waals surface area contributed by atoms with Gasteiger partial charge in [-0.3, -0.25) is 4.79 Å². The lowest BCUT2D eigenvalue weighted by molar-refractivity contribution is 0.273. The first-order valence-electron chi connectivity index (χ1n) is 7.33. The molecule has 0 radical (unpaired) electrons. The average Bonchev–Trinajstić information content (AvgIpc) is 2.99. The third-order valence-corrected chi connectivity index (χ3v) is 4.88. The molecule has 7 heteroatoms. The van der Waals surface area contributed by atoms with E-state index in [9.17, 15) is 4.79 Å². The van der Waals surface area contributed by atoms with Crippen LogP contribution in [0.2, 0.25) is 0 Å². The molecule has 2 heterocycles. The minimum Gasteiger partial charge on any atom is -0.332 e. The van der Waals surface area contributed by atoms with Gasteiger partial charge in [0.15, 0.2) is 5.82 Å². The Bertz CT molecular complexity index is 876. The van der Waals surface area contributed by atoms with E-state index in [0.717, 1.165) is 23.7 Å². The lowest BCUT2D eigenvalue weighted by atomic mass is 9.64. The molecule has 0 atom stereocenters. The standard InChI is InChI=1S/C16H13BrN4O2/c17-11-4-2-10(3-5-11)16(6-1-7-16)15-20-14(23-21-15)12-8-19-13(22)9-18-12/h2-5,8-9H,1,6-7H2,(H,19,22). The summed E-state index contributed by atoms with van der Waals surface area (Å²) in [5.74, 6) is 0.994. The molecule has 0 unspecified atom stereocenters. The highest BCUT2D eigenvalue weighted by Gasteiger charge is 2.44. The number of hydrogen-bond donors (Lipinski definition) is 1. The third kappa shape index (κ3) is 2.41. The number of nitrogens with one attached hydrogen (secondary N) is 1. The molecule has 1 aliphatic carbocycles. The van der Waals surface area contributed by atoms with Crippen molar-refractivity contribution in [2.75, 3.05) is 0 Å². The quantitative estimate of drug-likeness (QED) is 0.763. The molecule has 0 aliphatic heterocycles. The van der Waals surface area contributed by atoms with Gasteiger partial charge in [0.25, 0.3) is 11.4 Å². The van der Waals surface area contributed by atoms with Gasteiger partial charge in [-0.1, -0.05) is 39.6 Å². The van der Waals surface area contributed by atoms with Crippen LogP contribution in [0.4, 0.5) is 0 Å². The fraction of sp³-hybridized carbons (Fsp3) is 0.250. The molecular weight excluding hydrogens is 360 g/mol. The molecule has 1 fully saturated rings. The summed E-state index contributed by atoms with van der Waals surface area (Å²) in [4.78, 5) is 22.2. The lowest BCUT2D eigenvalue weighted by Crippen LogP contribution is -2.36. The van der Waals surface area contributed by atoms with E-state index in [0.29, 0.717) is 17.4 Å². The van der Waals surface area contributed by atoms with Gasteiger partial charge in [-0.25, -0.2) is 4.98 Å². The molecule has 116 valence electrons. The Morgan fingerprint density at radius 1 is 1.22 bits per heavy atom. The maximum absolute atomic E-state index is 11.1. The first kappa shape index (κ1) is 14.3. The van der Waals surface area contributed by atoms with Crippen molar-refractivity contribution in [1.82, 2.24) is 20.1 Å². The van der Waals surface area contributed by atoms with Crippen LogP contribution in [-0.2, 0) is 5.41 Å². The predicted molar refractivity (Wildman–Crippen MR) is 86.9 cm³/mol. The fourth-order valence-electron chi connectivity index (χ4n) is 2.92. The van der Waals surface area contributed by atoms with E-state index >= 15 is 0 Å². The Balaban J connectivity index is 1.73. The van der Waals surface area contributed by atoms with Gasteiger partial charge in [-0.05, 0) is 30.5 Å². The minimum absolute atomic E-state index is 0.190. The molecule has 0 saturated heterocycles. The van der Waals surface area contributed by atoms with Gasteiger partial charge in [0.2, 0.25) is 0 Å². The normalized spacial score (nSPS) is 16.0. The molecule has 3 aromatic rings. The SMILES string of the molecule is O=c1cnc(-c2nc(C3(c4ccc(Br)cc4)CCC3)no2)c[nH]1. The van der Waals surface area contributed by atoms with Crippen LogP contribution < -0.4 is 5.56 Å². The fourth-order valence-corrected chi connectivity index (χ4v) is 3.19. The number of aromatic nitrogens is 4. The molecule has 1 N–H and O–H groups in total. The van der Waals surface area contributed by atoms with Crippen LogP contribution in [0, 0.1) is 0 Å². The summed E-state index contributed by atoms with van der Waals surface area (Å²) in [6, 6.07) is 8.24. The number of nitrogens with zero attached hydrogens (tertiary/aromatic N) is 3. The summed E-state index contributed by atoms with van der Waals surface area (Å²) >= 11 is 3.46. The van der Waals surface area contributed by atoms with Crippen molar-refractivity contribution in [3.63, 3.8) is 0 Å². The van der Waals surface area contributed by atoms with Crippen molar-refractivity contribution in [3.05, 3.63) is 62.9 Å². The van der Waals surface area contributed by atoms with E-state index in [2.05, 4.69) is 48.2 Å². The van der Waals surface area contributed by atoms with Crippen molar-refractivity contribution < 1.29 is 4.52 Å². The van der Waals surface area contributed by atoms with Gasteiger partial charge in [-0.15, -0.1) is 0 Å². The minimum atomic E-state index is -0.265. The first-order chi connectivity index (χ1) is 11.2. The zero-order valence-corrected chi connectivity index (χ0v) is 13.7. The van der Waals surface area contributed by atoms with E-state index < -0.39 is 0 Å². The largest absolute Gasteiger partial charge is 0.332 e. The van der Waals surface area contributed by atoms with Crippen LogP contribution >= 0.6 is 15.9 Å². The highest BCUT2D eigenvalue weighted by Crippen LogP contribution is 2.48. The van der Waals surface area contributed by atoms with E-state index in [1.54, 1.807) is 0 Å². The van der Waals surface area contributed by atoms with E-state index in [1.807, 2.05) is 12.1 Å². The molecule has 0 amide bonds. The first-order valence-corrected chi connectivity index (χ1v) is 8.12. The maximum Gasteiger partial charge on any atom is 0.278 e. The van der Waals surface area contributed by atoms with Crippen molar-refractivity contribution in [2.45, 2.75) is 24.7 Å². The Labute approximate surface area is 140 Å². The summed E-state index contributed by atoms with van der Waals surface area (Å²) in [6.45, 7) is 0. The van der Waals surface area contributed by atoms with E-state index in [4.69, 9.17) is 4.52 Å². The number of halogens is 1. The van der Waals surface area contributed by atoms with Gasteiger partial charge in [0, 0.05) is 10.7 Å². The van der Waals surface area contributed by atoms with Crippen LogP contribution in [0.5, 0.6) is 0 Å². The molecule has 0 spiro atoms. The Hall–Kier alpha value is -2.28. The molecule has 1 aromatic carbocycles. The van der Waals surface area contributed by atoms with E-state index in [1.165, 1.54) is 18.0 Å². The molecule has 4 rings (SSSR count). The Kier molecular flexibility index (Phi) is 3.37. The second-order valence-electron chi connectivity index (χ2n) is 5.66. The summed E-state index contributed by atoms with van der Waals surface area (Å²) in [7, 11) is 0. The Morgan fingerprint density at radius 3 is 2.61 bits per heavy atom. The highest BCUT2D eigenvalue weighted by atomic mass is 79.9. The van der Waals surface area contributed by atoms with Crippen molar-refractivity contribution in [2.24, 2.45) is 0 Å². The number of rotatable bonds is 3. The van der Waals surface area contributed by atoms with Gasteiger partial charge in [-0.2, -0.15) is 4.98 Å². The van der Waals surface area contributed by atoms with Crippen LogP contribution in [0.25, 0.3) is 11.6 Å². The monoisotopic (exact) mass is 372 g/mol. The molecule has 0 bridgehead atoms. The van der Waals surface area contributed by atoms with Gasteiger partial charge < -0.3 is 9.51 Å². The van der Waals surface area contributed by atoms with Gasteiger partial charge in [0.05, 0.1) is 11.6 Å². The highest BCUT2D eigenvalue weighted by molar-refractivity contribution is 9.10. The third-order valence-electron chi connectivity index (χ3n) is 4.35. The number of H-pyrrole nitrogens is 1. The second kappa shape index (κ2) is 5.42. The Morgan fingerprint density at radius 2 is 2.00 bits per heavy atom. The van der Waals surface area contributed by atoms with Crippen molar-refractivity contribution in [1.29, 1.82) is 0 Å². The number of aromatic amines is 1. The van der Waals surface area contributed by atoms with E-state index in [-0.39, 0.29) is 11.0 Å². The molecular formula is C16H13BrN4O2. The zero-order chi connectivity index (χ0) is 15.9. The summed E-state index contributed by atoms with van der Waals surface area (Å²) < 4.78 is 6.41. The van der Waals surface area contributed by atoms with Crippen molar-refractivity contribution >= 4 is 15.9 Å². The lowest BCUT2D eigenvalue weighted by Gasteiger charge is -2.39. The van der Waals surface area contributed by atoms with Crippen LogP contribution in [0.15, 0.2) is 50.4 Å². The van der Waals surface area contributed by atoms with Gasteiger partial charge >= 0.3 is 0 Å². The van der Waals surface area contributed by atoms with Crippen LogP contribution in [0.3, 0.4) is 0 Å². The average molecular weight is 373 g/mol. The molecule has 1 saturated carbocycles. The molecule has 1 aliphatic rings. The summed E-state index contributed by atoms with van der Waals surface area (Å²) in [6.07, 6.45) is 5.80. The molecule has 2 aromatic heterocycles. The topological polar surface area (TPSA) is 84.7 Å². The summed E-state index contributed by atoms with van der Waals surface area (Å²) in [5.41, 5.74) is 1.20. The van der Waals surface area contributed by atoms with Crippen molar-refractivity contribution in [3.8, 4) is 11.6 Å². The van der Waals surface area contributed by atoms with Crippen LogP contribution in [-0.4, -0.2) is 20.1 Å². The van der Waals surface area contributed by atoms with Crippen LogP contribution in [0.1, 0.15) is 30.7 Å². The van der Waals surface area contributed by atoms with Gasteiger partial charge in [0.1, 0.15) is 5.69 Å². The molecule has 23 heavy (non-hydrogen) atoms. The number of hydrogen-bond acceptors (Lipinski definition) is 5. The zero-order valence-electron chi connectivity index (χ0n) is 12.1. The summed E-state index contributed by atoms with van der Waals surface area (Å²) in [5, 5.41) is 4.18. The smallest absolute Gasteiger partial charge is 0.278 e. The predicted octanol–water partition coefficient (Wildman–Crippen LogP) is 3.05. The second-order valence-corrected chi connectivity index (χ2v) is 6.58. The molecule has 6 nitrogen and oxygen atoms in total. The maximum atomic E-state index is 11.1. The number of benzene rings is 1.